The molecule has 2 atom stereocenters. The van der Waals surface area contributed by atoms with Crippen LogP contribution in [0.3, 0.4) is 0 Å². The van der Waals surface area contributed by atoms with E-state index in [2.05, 4.69) is 30.6 Å². The third kappa shape index (κ3) is 3.72. The summed E-state index contributed by atoms with van der Waals surface area (Å²) in [4.78, 5) is 5.17. The molecule has 1 saturated heterocycles. The standard InChI is InChI=1S/C13H29N3/c1-4-6-15-7-9-16(10-8-15)13(11-14)12(3)5-2/h12-13H,4-11,14H2,1-3H3. The first-order valence-corrected chi connectivity index (χ1v) is 6.89. The molecule has 0 aromatic heterocycles. The number of rotatable bonds is 6. The molecular weight excluding hydrogens is 198 g/mol. The highest BCUT2D eigenvalue weighted by Gasteiger charge is 2.25. The van der Waals surface area contributed by atoms with E-state index in [-0.39, 0.29) is 0 Å². The van der Waals surface area contributed by atoms with E-state index in [4.69, 9.17) is 5.73 Å². The number of nitrogens with two attached hydrogens (primary N) is 1. The topological polar surface area (TPSA) is 32.5 Å². The lowest BCUT2D eigenvalue weighted by atomic mass is 9.97. The van der Waals surface area contributed by atoms with Crippen LogP contribution in [0.4, 0.5) is 0 Å². The van der Waals surface area contributed by atoms with Gasteiger partial charge in [-0.2, -0.15) is 0 Å². The molecular formula is C13H29N3. The maximum atomic E-state index is 5.92. The van der Waals surface area contributed by atoms with Crippen LogP contribution < -0.4 is 5.73 Å². The van der Waals surface area contributed by atoms with Crippen molar-refractivity contribution in [2.45, 2.75) is 39.7 Å². The fraction of sp³-hybridized carbons (Fsp3) is 1.00. The highest BCUT2D eigenvalue weighted by molar-refractivity contribution is 4.82. The van der Waals surface area contributed by atoms with E-state index in [0.29, 0.717) is 6.04 Å². The zero-order valence-corrected chi connectivity index (χ0v) is 11.3. The molecule has 0 aromatic rings. The predicted octanol–water partition coefficient (Wildman–Crippen LogP) is 1.39. The summed E-state index contributed by atoms with van der Waals surface area (Å²) in [6.45, 7) is 13.8. The molecule has 0 spiro atoms. The van der Waals surface area contributed by atoms with E-state index in [1.165, 1.54) is 45.6 Å². The zero-order chi connectivity index (χ0) is 12.0. The van der Waals surface area contributed by atoms with Crippen molar-refractivity contribution in [1.29, 1.82) is 0 Å². The number of piperazine rings is 1. The summed E-state index contributed by atoms with van der Waals surface area (Å²) in [5, 5.41) is 0. The van der Waals surface area contributed by atoms with Crippen LogP contribution in [0.15, 0.2) is 0 Å². The van der Waals surface area contributed by atoms with Crippen LogP contribution >= 0.6 is 0 Å². The molecule has 2 N–H and O–H groups in total. The van der Waals surface area contributed by atoms with Crippen molar-refractivity contribution < 1.29 is 0 Å². The first kappa shape index (κ1) is 13.9. The van der Waals surface area contributed by atoms with Crippen LogP contribution in [0, 0.1) is 5.92 Å². The third-order valence-electron chi connectivity index (χ3n) is 3.96. The zero-order valence-electron chi connectivity index (χ0n) is 11.3. The van der Waals surface area contributed by atoms with Gasteiger partial charge in [0.2, 0.25) is 0 Å². The van der Waals surface area contributed by atoms with Gasteiger partial charge in [0, 0.05) is 38.8 Å². The van der Waals surface area contributed by atoms with Gasteiger partial charge in [-0.3, -0.25) is 4.90 Å². The number of hydrogen-bond donors (Lipinski definition) is 1. The van der Waals surface area contributed by atoms with Crippen LogP contribution in [0.25, 0.3) is 0 Å². The molecule has 1 rings (SSSR count). The normalized spacial score (nSPS) is 23.2. The minimum absolute atomic E-state index is 0.591. The summed E-state index contributed by atoms with van der Waals surface area (Å²) in [6.07, 6.45) is 2.50. The lowest BCUT2D eigenvalue weighted by Gasteiger charge is -2.41. The third-order valence-corrected chi connectivity index (χ3v) is 3.96. The molecule has 0 saturated carbocycles. The number of nitrogens with zero attached hydrogens (tertiary/aromatic N) is 2. The molecule has 1 aliphatic rings. The highest BCUT2D eigenvalue weighted by atomic mass is 15.3. The molecule has 1 fully saturated rings. The van der Waals surface area contributed by atoms with Gasteiger partial charge >= 0.3 is 0 Å². The molecule has 0 amide bonds. The lowest BCUT2D eigenvalue weighted by Crippen LogP contribution is -2.54. The lowest BCUT2D eigenvalue weighted by molar-refractivity contribution is 0.0754. The molecule has 1 heterocycles. The predicted molar refractivity (Wildman–Crippen MR) is 70.6 cm³/mol. The fourth-order valence-electron chi connectivity index (χ4n) is 2.65. The number of hydrogen-bond acceptors (Lipinski definition) is 3. The molecule has 0 aliphatic carbocycles. The second-order valence-electron chi connectivity index (χ2n) is 5.07. The molecule has 2 unspecified atom stereocenters. The monoisotopic (exact) mass is 227 g/mol. The smallest absolute Gasteiger partial charge is 0.0244 e. The molecule has 3 nitrogen and oxygen atoms in total. The quantitative estimate of drug-likeness (QED) is 0.744. The van der Waals surface area contributed by atoms with Crippen molar-refractivity contribution in [3.63, 3.8) is 0 Å². The van der Waals surface area contributed by atoms with Gasteiger partial charge in [-0.15, -0.1) is 0 Å². The van der Waals surface area contributed by atoms with E-state index in [0.717, 1.165) is 12.5 Å². The van der Waals surface area contributed by atoms with Gasteiger partial charge in [0.25, 0.3) is 0 Å². The maximum Gasteiger partial charge on any atom is 0.0244 e. The van der Waals surface area contributed by atoms with E-state index >= 15 is 0 Å². The molecule has 16 heavy (non-hydrogen) atoms. The molecule has 1 aliphatic heterocycles. The van der Waals surface area contributed by atoms with Gasteiger partial charge in [-0.25, -0.2) is 0 Å². The van der Waals surface area contributed by atoms with Crippen molar-refractivity contribution in [1.82, 2.24) is 9.80 Å². The van der Waals surface area contributed by atoms with Gasteiger partial charge in [0.1, 0.15) is 0 Å². The second kappa shape index (κ2) is 7.25. The Bertz CT molecular complexity index is 176. The van der Waals surface area contributed by atoms with Gasteiger partial charge in [0.05, 0.1) is 0 Å². The van der Waals surface area contributed by atoms with Gasteiger partial charge < -0.3 is 10.6 Å². The Kier molecular flexibility index (Phi) is 6.32. The average molecular weight is 227 g/mol. The van der Waals surface area contributed by atoms with Crippen LogP contribution in [-0.2, 0) is 0 Å². The molecule has 96 valence electrons. The summed E-state index contributed by atoms with van der Waals surface area (Å²) < 4.78 is 0. The van der Waals surface area contributed by atoms with Crippen molar-refractivity contribution in [3.05, 3.63) is 0 Å². The summed E-state index contributed by atoms with van der Waals surface area (Å²) in [7, 11) is 0. The molecule has 0 bridgehead atoms. The Hall–Kier alpha value is -0.120. The van der Waals surface area contributed by atoms with Gasteiger partial charge in [0.15, 0.2) is 0 Å². The van der Waals surface area contributed by atoms with Crippen LogP contribution in [0.2, 0.25) is 0 Å². The van der Waals surface area contributed by atoms with E-state index in [9.17, 15) is 0 Å². The Balaban J connectivity index is 2.38. The van der Waals surface area contributed by atoms with Crippen molar-refractivity contribution >= 4 is 0 Å². The van der Waals surface area contributed by atoms with E-state index < -0.39 is 0 Å². The van der Waals surface area contributed by atoms with Gasteiger partial charge in [-0.1, -0.05) is 27.2 Å². The first-order chi connectivity index (χ1) is 7.72. The molecule has 3 heteroatoms. The Morgan fingerprint density at radius 2 is 1.75 bits per heavy atom. The van der Waals surface area contributed by atoms with Crippen LogP contribution in [-0.4, -0.2) is 55.1 Å². The second-order valence-corrected chi connectivity index (χ2v) is 5.07. The Labute approximate surface area is 101 Å². The summed E-state index contributed by atoms with van der Waals surface area (Å²) in [5.74, 6) is 0.725. The van der Waals surface area contributed by atoms with E-state index in [1.807, 2.05) is 0 Å². The van der Waals surface area contributed by atoms with Crippen LogP contribution in [0.1, 0.15) is 33.6 Å². The Morgan fingerprint density at radius 3 is 2.19 bits per heavy atom. The summed E-state index contributed by atoms with van der Waals surface area (Å²) >= 11 is 0. The van der Waals surface area contributed by atoms with Crippen molar-refractivity contribution in [2.24, 2.45) is 11.7 Å². The molecule has 0 aromatic carbocycles. The highest BCUT2D eigenvalue weighted by Crippen LogP contribution is 2.16. The Morgan fingerprint density at radius 1 is 1.12 bits per heavy atom. The van der Waals surface area contributed by atoms with Crippen molar-refractivity contribution in [2.75, 3.05) is 39.3 Å². The SMILES string of the molecule is CCCN1CCN(C(CN)C(C)CC)CC1. The minimum atomic E-state index is 0.591. The molecule has 0 radical (unpaired) electrons. The maximum absolute atomic E-state index is 5.92. The van der Waals surface area contributed by atoms with E-state index in [1.54, 1.807) is 0 Å². The average Bonchev–Trinajstić information content (AvgIpc) is 2.32. The summed E-state index contributed by atoms with van der Waals surface area (Å²) in [6, 6.07) is 0.591. The fourth-order valence-corrected chi connectivity index (χ4v) is 2.65. The largest absolute Gasteiger partial charge is 0.329 e. The van der Waals surface area contributed by atoms with Crippen molar-refractivity contribution in [3.8, 4) is 0 Å². The summed E-state index contributed by atoms with van der Waals surface area (Å²) in [5.41, 5.74) is 5.92. The van der Waals surface area contributed by atoms with Crippen LogP contribution in [0.5, 0.6) is 0 Å². The minimum Gasteiger partial charge on any atom is -0.329 e. The van der Waals surface area contributed by atoms with Gasteiger partial charge in [-0.05, 0) is 18.9 Å². The first-order valence-electron chi connectivity index (χ1n) is 6.89.